The summed E-state index contributed by atoms with van der Waals surface area (Å²) in [6.45, 7) is 12.9. The SMILES string of the molecule is Cc1cccc2c1nc(COc1ccc(Cl)cc1)n2CCC(C)CNCCCN1CCCCC1C. The monoisotopic (exact) mass is 496 g/mol. The van der Waals surface area contributed by atoms with E-state index in [0.29, 0.717) is 17.5 Å². The quantitative estimate of drug-likeness (QED) is 0.292. The normalized spacial score (nSPS) is 17.7. The number of halogens is 1. The summed E-state index contributed by atoms with van der Waals surface area (Å²) in [5.41, 5.74) is 3.46. The van der Waals surface area contributed by atoms with E-state index < -0.39 is 0 Å². The van der Waals surface area contributed by atoms with Gasteiger partial charge in [-0.05, 0) is 108 Å². The van der Waals surface area contributed by atoms with E-state index in [2.05, 4.69) is 53.8 Å². The average Bonchev–Trinajstić information content (AvgIpc) is 3.22. The smallest absolute Gasteiger partial charge is 0.148 e. The van der Waals surface area contributed by atoms with Crippen molar-refractivity contribution in [3.63, 3.8) is 0 Å². The van der Waals surface area contributed by atoms with Gasteiger partial charge in [0.05, 0.1) is 11.0 Å². The lowest BCUT2D eigenvalue weighted by Crippen LogP contribution is -2.39. The number of aromatic nitrogens is 2. The molecule has 1 fully saturated rings. The fourth-order valence-corrected chi connectivity index (χ4v) is 5.20. The van der Waals surface area contributed by atoms with Crippen LogP contribution in [0.1, 0.15) is 57.3 Å². The number of nitrogens with zero attached hydrogens (tertiary/aromatic N) is 3. The fraction of sp³-hybridized carbons (Fsp3) is 0.552. The third-order valence-electron chi connectivity index (χ3n) is 7.32. The Morgan fingerprint density at radius 1 is 1.14 bits per heavy atom. The molecule has 1 aliphatic heterocycles. The predicted octanol–water partition coefficient (Wildman–Crippen LogP) is 6.46. The molecule has 190 valence electrons. The minimum atomic E-state index is 0.442. The average molecular weight is 497 g/mol. The minimum Gasteiger partial charge on any atom is -0.486 e. The van der Waals surface area contributed by atoms with Crippen LogP contribution in [0.3, 0.4) is 0 Å². The Morgan fingerprint density at radius 3 is 2.77 bits per heavy atom. The molecule has 0 bridgehead atoms. The van der Waals surface area contributed by atoms with E-state index >= 15 is 0 Å². The van der Waals surface area contributed by atoms with Crippen LogP contribution in [0.5, 0.6) is 5.75 Å². The first kappa shape index (κ1) is 26.0. The van der Waals surface area contributed by atoms with Gasteiger partial charge in [-0.3, -0.25) is 0 Å². The van der Waals surface area contributed by atoms with E-state index in [-0.39, 0.29) is 0 Å². The van der Waals surface area contributed by atoms with Crippen LogP contribution in [-0.2, 0) is 13.2 Å². The zero-order valence-corrected chi connectivity index (χ0v) is 22.4. The summed E-state index contributed by atoms with van der Waals surface area (Å²) in [6.07, 6.45) is 6.45. The minimum absolute atomic E-state index is 0.442. The summed E-state index contributed by atoms with van der Waals surface area (Å²) in [5.74, 6) is 2.37. The number of fused-ring (bicyclic) bond motifs is 1. The molecular formula is C29H41ClN4O. The van der Waals surface area contributed by atoms with E-state index in [1.807, 2.05) is 24.3 Å². The van der Waals surface area contributed by atoms with E-state index in [1.54, 1.807) is 0 Å². The highest BCUT2D eigenvalue weighted by Gasteiger charge is 2.17. The van der Waals surface area contributed by atoms with Crippen molar-refractivity contribution in [1.82, 2.24) is 19.8 Å². The number of likely N-dealkylation sites (tertiary alicyclic amines) is 1. The van der Waals surface area contributed by atoms with Crippen molar-refractivity contribution in [3.8, 4) is 5.75 Å². The van der Waals surface area contributed by atoms with Crippen LogP contribution in [0.4, 0.5) is 0 Å². The maximum absolute atomic E-state index is 6.05. The summed E-state index contributed by atoms with van der Waals surface area (Å²) in [5, 5.41) is 4.41. The van der Waals surface area contributed by atoms with Gasteiger partial charge in [0.15, 0.2) is 0 Å². The molecule has 3 aromatic rings. The molecule has 2 unspecified atom stereocenters. The van der Waals surface area contributed by atoms with Gasteiger partial charge in [0.2, 0.25) is 0 Å². The van der Waals surface area contributed by atoms with Gasteiger partial charge in [0.1, 0.15) is 18.2 Å². The number of para-hydroxylation sites is 1. The van der Waals surface area contributed by atoms with Crippen LogP contribution in [0.2, 0.25) is 5.02 Å². The number of ether oxygens (including phenoxy) is 1. The number of rotatable bonds is 12. The Morgan fingerprint density at radius 2 is 1.97 bits per heavy atom. The third-order valence-corrected chi connectivity index (χ3v) is 7.57. The molecule has 4 rings (SSSR count). The Kier molecular flexibility index (Phi) is 9.47. The van der Waals surface area contributed by atoms with Gasteiger partial charge < -0.3 is 19.5 Å². The molecule has 1 N–H and O–H groups in total. The summed E-state index contributed by atoms with van der Waals surface area (Å²) in [4.78, 5) is 7.61. The Bertz CT molecular complexity index is 1060. The standard InChI is InChI=1S/C29H41ClN4O/c1-22(20-31-16-7-18-33-17-5-4-9-24(33)3)15-19-34-27-10-6-8-23(2)29(27)32-28(34)21-35-26-13-11-25(30)12-14-26/h6,8,10-14,22,24,31H,4-5,7,9,15-21H2,1-3H3. The second kappa shape index (κ2) is 12.8. The highest BCUT2D eigenvalue weighted by Crippen LogP contribution is 2.23. The van der Waals surface area contributed by atoms with Crippen LogP contribution >= 0.6 is 11.6 Å². The second-order valence-corrected chi connectivity index (χ2v) is 10.6. The zero-order valence-electron chi connectivity index (χ0n) is 21.6. The number of benzene rings is 2. The van der Waals surface area contributed by atoms with Crippen molar-refractivity contribution in [2.45, 2.75) is 72.1 Å². The lowest BCUT2D eigenvalue weighted by molar-refractivity contribution is 0.158. The molecule has 0 amide bonds. The van der Waals surface area contributed by atoms with E-state index in [9.17, 15) is 0 Å². The van der Waals surface area contributed by atoms with Crippen LogP contribution in [0.25, 0.3) is 11.0 Å². The first-order chi connectivity index (χ1) is 17.0. The first-order valence-electron chi connectivity index (χ1n) is 13.3. The summed E-state index contributed by atoms with van der Waals surface area (Å²) >= 11 is 6.01. The van der Waals surface area contributed by atoms with E-state index in [0.717, 1.165) is 49.2 Å². The highest BCUT2D eigenvalue weighted by molar-refractivity contribution is 6.30. The number of hydrogen-bond acceptors (Lipinski definition) is 4. The van der Waals surface area contributed by atoms with Gasteiger partial charge in [-0.1, -0.05) is 37.1 Å². The topological polar surface area (TPSA) is 42.3 Å². The van der Waals surface area contributed by atoms with Gasteiger partial charge >= 0.3 is 0 Å². The Balaban J connectivity index is 1.29. The zero-order chi connectivity index (χ0) is 24.6. The second-order valence-electron chi connectivity index (χ2n) is 10.2. The van der Waals surface area contributed by atoms with Crippen LogP contribution in [-0.4, -0.2) is 46.7 Å². The van der Waals surface area contributed by atoms with Crippen LogP contribution in [0, 0.1) is 12.8 Å². The molecule has 0 aliphatic carbocycles. The number of hydrogen-bond donors (Lipinski definition) is 1. The molecule has 5 nitrogen and oxygen atoms in total. The van der Waals surface area contributed by atoms with Gasteiger partial charge in [-0.15, -0.1) is 0 Å². The molecule has 1 aromatic heterocycles. The summed E-state index contributed by atoms with van der Waals surface area (Å²) in [6, 6.07) is 14.7. The number of aryl methyl sites for hydroxylation is 2. The molecular weight excluding hydrogens is 456 g/mol. The van der Waals surface area contributed by atoms with E-state index in [1.165, 1.54) is 49.9 Å². The number of nitrogens with one attached hydrogen (secondary N) is 1. The first-order valence-corrected chi connectivity index (χ1v) is 13.7. The van der Waals surface area contributed by atoms with Crippen LogP contribution < -0.4 is 10.1 Å². The number of imidazole rings is 1. The van der Waals surface area contributed by atoms with Gasteiger partial charge in [-0.2, -0.15) is 0 Å². The summed E-state index contributed by atoms with van der Waals surface area (Å²) < 4.78 is 8.39. The highest BCUT2D eigenvalue weighted by atomic mass is 35.5. The molecule has 2 heterocycles. The lowest BCUT2D eigenvalue weighted by Gasteiger charge is -2.33. The molecule has 0 spiro atoms. The van der Waals surface area contributed by atoms with Gasteiger partial charge in [0, 0.05) is 17.6 Å². The van der Waals surface area contributed by atoms with Crippen LogP contribution in [0.15, 0.2) is 42.5 Å². The lowest BCUT2D eigenvalue weighted by atomic mass is 10.0. The van der Waals surface area contributed by atoms with Crippen molar-refractivity contribution in [1.29, 1.82) is 0 Å². The van der Waals surface area contributed by atoms with Crippen molar-refractivity contribution >= 4 is 22.6 Å². The fourth-order valence-electron chi connectivity index (χ4n) is 5.07. The van der Waals surface area contributed by atoms with Crippen molar-refractivity contribution in [2.24, 2.45) is 5.92 Å². The molecule has 0 saturated carbocycles. The van der Waals surface area contributed by atoms with Crippen molar-refractivity contribution in [3.05, 3.63) is 58.9 Å². The van der Waals surface area contributed by atoms with Crippen molar-refractivity contribution in [2.75, 3.05) is 26.2 Å². The Labute approximate surface area is 215 Å². The van der Waals surface area contributed by atoms with Crippen molar-refractivity contribution < 1.29 is 4.74 Å². The molecule has 6 heteroatoms. The molecule has 2 aromatic carbocycles. The molecule has 1 saturated heterocycles. The number of piperidine rings is 1. The molecule has 1 aliphatic rings. The summed E-state index contributed by atoms with van der Waals surface area (Å²) in [7, 11) is 0. The maximum Gasteiger partial charge on any atom is 0.148 e. The maximum atomic E-state index is 6.05. The molecule has 35 heavy (non-hydrogen) atoms. The molecule has 2 atom stereocenters. The predicted molar refractivity (Wildman–Crippen MR) is 146 cm³/mol. The molecule has 0 radical (unpaired) electrons. The Hall–Kier alpha value is -2.08. The van der Waals surface area contributed by atoms with Gasteiger partial charge in [0.25, 0.3) is 0 Å². The third kappa shape index (κ3) is 7.22. The largest absolute Gasteiger partial charge is 0.486 e. The van der Waals surface area contributed by atoms with Gasteiger partial charge in [-0.25, -0.2) is 4.98 Å². The van der Waals surface area contributed by atoms with E-state index in [4.69, 9.17) is 21.3 Å².